The molecule has 0 spiro atoms. The number of benzene rings is 1. The lowest BCUT2D eigenvalue weighted by Gasteiger charge is -2.16. The summed E-state index contributed by atoms with van der Waals surface area (Å²) in [6.07, 6.45) is -2.96. The molecule has 0 saturated heterocycles. The van der Waals surface area contributed by atoms with Crippen molar-refractivity contribution in [3.05, 3.63) is 59.5 Å². The highest BCUT2D eigenvalue weighted by Crippen LogP contribution is 2.29. The number of halogens is 3. The van der Waals surface area contributed by atoms with Crippen molar-refractivity contribution in [2.45, 2.75) is 12.7 Å². The van der Waals surface area contributed by atoms with Crippen molar-refractivity contribution in [3.63, 3.8) is 0 Å². The van der Waals surface area contributed by atoms with Crippen LogP contribution in [0.15, 0.2) is 47.1 Å². The van der Waals surface area contributed by atoms with Crippen molar-refractivity contribution in [1.29, 1.82) is 0 Å². The van der Waals surface area contributed by atoms with E-state index in [1.54, 1.807) is 13.1 Å². The molecule has 0 fully saturated rings. The molecule has 1 aromatic heterocycles. The predicted octanol–water partition coefficient (Wildman–Crippen LogP) is 3.57. The summed E-state index contributed by atoms with van der Waals surface area (Å²) in [5, 5.41) is 0. The van der Waals surface area contributed by atoms with Gasteiger partial charge in [-0.1, -0.05) is 12.1 Å². The minimum absolute atomic E-state index is 0.194. The lowest BCUT2D eigenvalue weighted by atomic mass is 10.1. The molecule has 1 heterocycles. The highest BCUT2D eigenvalue weighted by molar-refractivity contribution is 5.91. The molecule has 6 heteroatoms. The fraction of sp³-hybridized carbons (Fsp3) is 0.214. The molecule has 2 rings (SSSR count). The van der Waals surface area contributed by atoms with Crippen molar-refractivity contribution in [2.24, 2.45) is 0 Å². The van der Waals surface area contributed by atoms with Crippen LogP contribution in [0.2, 0.25) is 0 Å². The molecule has 3 nitrogen and oxygen atoms in total. The Kier molecular flexibility index (Phi) is 3.83. The topological polar surface area (TPSA) is 33.5 Å². The molecule has 1 aromatic carbocycles. The monoisotopic (exact) mass is 283 g/mol. The molecule has 0 radical (unpaired) electrons. The van der Waals surface area contributed by atoms with E-state index >= 15 is 0 Å². The number of hydrogen-bond donors (Lipinski definition) is 0. The Morgan fingerprint density at radius 1 is 1.20 bits per heavy atom. The number of furan rings is 1. The fourth-order valence-corrected chi connectivity index (χ4v) is 1.73. The Hall–Kier alpha value is -2.24. The molecule has 0 aliphatic rings. The van der Waals surface area contributed by atoms with Gasteiger partial charge in [0.05, 0.1) is 11.8 Å². The van der Waals surface area contributed by atoms with E-state index in [2.05, 4.69) is 0 Å². The van der Waals surface area contributed by atoms with Gasteiger partial charge in [0.15, 0.2) is 5.76 Å². The quantitative estimate of drug-likeness (QED) is 0.862. The van der Waals surface area contributed by atoms with Crippen LogP contribution in [0.3, 0.4) is 0 Å². The van der Waals surface area contributed by atoms with E-state index in [1.165, 1.54) is 29.4 Å². The molecule has 0 atom stereocenters. The Labute approximate surface area is 113 Å². The van der Waals surface area contributed by atoms with Gasteiger partial charge in [-0.05, 0) is 29.8 Å². The van der Waals surface area contributed by atoms with Crippen LogP contribution in [-0.2, 0) is 12.7 Å². The molecule has 0 unspecified atom stereocenters. The molecule has 0 saturated carbocycles. The third-order valence-electron chi connectivity index (χ3n) is 2.78. The summed E-state index contributed by atoms with van der Waals surface area (Å²) in [5.41, 5.74) is -0.0957. The summed E-state index contributed by atoms with van der Waals surface area (Å²) in [7, 11) is 1.56. The number of alkyl halides is 3. The Bertz CT molecular complexity index is 573. The average Bonchev–Trinajstić information content (AvgIpc) is 2.91. The number of amides is 1. The number of nitrogens with zero attached hydrogens (tertiary/aromatic N) is 1. The summed E-state index contributed by atoms with van der Waals surface area (Å²) < 4.78 is 42.2. The SMILES string of the molecule is CN(Cc1ccc(C(F)(F)F)cc1)C(=O)c1ccco1. The van der Waals surface area contributed by atoms with Gasteiger partial charge in [0, 0.05) is 13.6 Å². The molecule has 2 aromatic rings. The van der Waals surface area contributed by atoms with Crippen LogP contribution in [0.5, 0.6) is 0 Å². The van der Waals surface area contributed by atoms with E-state index in [0.717, 1.165) is 12.1 Å². The second kappa shape index (κ2) is 5.40. The second-order valence-electron chi connectivity index (χ2n) is 4.33. The zero-order valence-electron chi connectivity index (χ0n) is 10.6. The molecular weight excluding hydrogens is 271 g/mol. The Morgan fingerprint density at radius 3 is 2.35 bits per heavy atom. The summed E-state index contributed by atoms with van der Waals surface area (Å²) in [4.78, 5) is 13.3. The summed E-state index contributed by atoms with van der Waals surface area (Å²) in [6, 6.07) is 7.84. The first-order valence-electron chi connectivity index (χ1n) is 5.83. The zero-order valence-corrected chi connectivity index (χ0v) is 10.6. The van der Waals surface area contributed by atoms with Gasteiger partial charge in [0.25, 0.3) is 5.91 Å². The van der Waals surface area contributed by atoms with Crippen LogP contribution in [0.4, 0.5) is 13.2 Å². The first kappa shape index (κ1) is 14.2. The number of carbonyl (C=O) groups is 1. The normalized spacial score (nSPS) is 11.4. The second-order valence-corrected chi connectivity index (χ2v) is 4.33. The standard InChI is InChI=1S/C14H12F3NO2/c1-18(13(19)12-3-2-8-20-12)9-10-4-6-11(7-5-10)14(15,16)17/h2-8H,9H2,1H3. The molecule has 0 bridgehead atoms. The smallest absolute Gasteiger partial charge is 0.416 e. The van der Waals surface area contributed by atoms with Gasteiger partial charge in [0.1, 0.15) is 0 Å². The largest absolute Gasteiger partial charge is 0.459 e. The lowest BCUT2D eigenvalue weighted by molar-refractivity contribution is -0.137. The first-order valence-corrected chi connectivity index (χ1v) is 5.83. The average molecular weight is 283 g/mol. The van der Waals surface area contributed by atoms with Crippen molar-refractivity contribution in [2.75, 3.05) is 7.05 Å². The Morgan fingerprint density at radius 2 is 1.85 bits per heavy atom. The van der Waals surface area contributed by atoms with Crippen LogP contribution >= 0.6 is 0 Å². The lowest BCUT2D eigenvalue weighted by Crippen LogP contribution is -2.25. The first-order chi connectivity index (χ1) is 9.38. The van der Waals surface area contributed by atoms with Crippen LogP contribution in [0.25, 0.3) is 0 Å². The van der Waals surface area contributed by atoms with Gasteiger partial charge in [-0.15, -0.1) is 0 Å². The third-order valence-corrected chi connectivity index (χ3v) is 2.78. The molecule has 0 aliphatic heterocycles. The summed E-state index contributed by atoms with van der Waals surface area (Å²) >= 11 is 0. The van der Waals surface area contributed by atoms with Crippen LogP contribution in [0, 0.1) is 0 Å². The van der Waals surface area contributed by atoms with Gasteiger partial charge in [-0.2, -0.15) is 13.2 Å². The van der Waals surface area contributed by atoms with Gasteiger partial charge < -0.3 is 9.32 Å². The molecule has 106 valence electrons. The summed E-state index contributed by atoms with van der Waals surface area (Å²) in [5.74, 6) is -0.130. The van der Waals surface area contributed by atoms with E-state index in [0.29, 0.717) is 5.56 Å². The number of hydrogen-bond acceptors (Lipinski definition) is 2. The maximum Gasteiger partial charge on any atom is 0.416 e. The minimum atomic E-state index is -4.35. The molecule has 0 N–H and O–H groups in total. The molecule has 0 aliphatic carbocycles. The van der Waals surface area contributed by atoms with Gasteiger partial charge >= 0.3 is 6.18 Å². The maximum atomic E-state index is 12.4. The molecular formula is C14H12F3NO2. The van der Waals surface area contributed by atoms with E-state index < -0.39 is 11.7 Å². The van der Waals surface area contributed by atoms with Crippen LogP contribution in [0.1, 0.15) is 21.7 Å². The van der Waals surface area contributed by atoms with E-state index in [-0.39, 0.29) is 18.2 Å². The molecule has 20 heavy (non-hydrogen) atoms. The predicted molar refractivity (Wildman–Crippen MR) is 65.9 cm³/mol. The van der Waals surface area contributed by atoms with Crippen molar-refractivity contribution < 1.29 is 22.4 Å². The maximum absolute atomic E-state index is 12.4. The Balaban J connectivity index is 2.05. The van der Waals surface area contributed by atoms with Gasteiger partial charge in [0.2, 0.25) is 0 Å². The van der Waals surface area contributed by atoms with E-state index in [1.807, 2.05) is 0 Å². The zero-order chi connectivity index (χ0) is 14.8. The third kappa shape index (κ3) is 3.20. The van der Waals surface area contributed by atoms with Gasteiger partial charge in [-0.3, -0.25) is 4.79 Å². The minimum Gasteiger partial charge on any atom is -0.459 e. The van der Waals surface area contributed by atoms with Gasteiger partial charge in [-0.25, -0.2) is 0 Å². The fourth-order valence-electron chi connectivity index (χ4n) is 1.73. The highest BCUT2D eigenvalue weighted by atomic mass is 19.4. The van der Waals surface area contributed by atoms with E-state index in [9.17, 15) is 18.0 Å². The van der Waals surface area contributed by atoms with Crippen molar-refractivity contribution >= 4 is 5.91 Å². The van der Waals surface area contributed by atoms with Crippen molar-refractivity contribution in [3.8, 4) is 0 Å². The van der Waals surface area contributed by atoms with Crippen LogP contribution < -0.4 is 0 Å². The van der Waals surface area contributed by atoms with Crippen LogP contribution in [-0.4, -0.2) is 17.9 Å². The highest BCUT2D eigenvalue weighted by Gasteiger charge is 2.30. The molecule has 1 amide bonds. The van der Waals surface area contributed by atoms with E-state index in [4.69, 9.17) is 4.42 Å². The van der Waals surface area contributed by atoms with Crippen molar-refractivity contribution in [1.82, 2.24) is 4.90 Å². The number of carbonyl (C=O) groups excluding carboxylic acids is 1. The number of rotatable bonds is 3. The summed E-state index contributed by atoms with van der Waals surface area (Å²) in [6.45, 7) is 0.206.